The summed E-state index contributed by atoms with van der Waals surface area (Å²) in [6, 6.07) is 6.05. The first-order valence-corrected chi connectivity index (χ1v) is 6.14. The molecule has 0 saturated carbocycles. The number of allylic oxidation sites excluding steroid dienone is 1. The monoisotopic (exact) mass is 244 g/mol. The second-order valence-corrected chi connectivity index (χ2v) is 4.59. The Morgan fingerprint density at radius 1 is 1.22 bits per heavy atom. The number of fused-ring (bicyclic) bond motifs is 1. The molecule has 0 fully saturated rings. The van der Waals surface area contributed by atoms with Crippen molar-refractivity contribution in [2.75, 3.05) is 19.8 Å². The van der Waals surface area contributed by atoms with Gasteiger partial charge in [-0.1, -0.05) is 13.0 Å². The third-order valence-electron chi connectivity index (χ3n) is 3.29. The summed E-state index contributed by atoms with van der Waals surface area (Å²) in [5.41, 5.74) is 8.78. The van der Waals surface area contributed by atoms with Gasteiger partial charge in [0.15, 0.2) is 11.5 Å². The maximum Gasteiger partial charge on any atom is 0.161 e. The maximum absolute atomic E-state index is 5.75. The lowest BCUT2D eigenvalue weighted by Crippen LogP contribution is -2.16. The van der Waals surface area contributed by atoms with Crippen molar-refractivity contribution in [2.24, 2.45) is 10.7 Å². The zero-order chi connectivity index (χ0) is 12.5. The van der Waals surface area contributed by atoms with Crippen LogP contribution in [-0.4, -0.2) is 25.5 Å². The highest BCUT2D eigenvalue weighted by atomic mass is 16.6. The molecule has 0 aliphatic carbocycles. The van der Waals surface area contributed by atoms with Gasteiger partial charge in [0.1, 0.15) is 13.2 Å². The second kappa shape index (κ2) is 4.37. The number of benzene rings is 1. The Morgan fingerprint density at radius 2 is 2.00 bits per heavy atom. The van der Waals surface area contributed by atoms with Crippen LogP contribution < -0.4 is 15.2 Å². The minimum atomic E-state index is 0.224. The highest BCUT2D eigenvalue weighted by molar-refractivity contribution is 6.02. The van der Waals surface area contributed by atoms with Crippen LogP contribution in [0.5, 0.6) is 11.5 Å². The zero-order valence-corrected chi connectivity index (χ0v) is 10.3. The van der Waals surface area contributed by atoms with Crippen LogP contribution in [0.4, 0.5) is 0 Å². The van der Waals surface area contributed by atoms with Gasteiger partial charge in [0.2, 0.25) is 0 Å². The fraction of sp³-hybridized carbons (Fsp3) is 0.357. The first-order chi connectivity index (χ1) is 8.74. The predicted molar refractivity (Wildman–Crippen MR) is 70.4 cm³/mol. The SMILES string of the molecule is CC(C1=NCC(N)=C1)c1ccc2c(c1)OCCO2. The largest absolute Gasteiger partial charge is 0.486 e. The number of aliphatic imine (C=N–C) groups is 1. The first-order valence-electron chi connectivity index (χ1n) is 6.14. The maximum atomic E-state index is 5.75. The Hall–Kier alpha value is -1.97. The molecule has 18 heavy (non-hydrogen) atoms. The van der Waals surface area contributed by atoms with Gasteiger partial charge < -0.3 is 15.2 Å². The summed E-state index contributed by atoms with van der Waals surface area (Å²) >= 11 is 0. The van der Waals surface area contributed by atoms with E-state index in [2.05, 4.69) is 18.0 Å². The molecule has 1 unspecified atom stereocenters. The molecule has 0 aromatic heterocycles. The number of nitrogens with zero attached hydrogens (tertiary/aromatic N) is 1. The Labute approximate surface area is 106 Å². The van der Waals surface area contributed by atoms with Crippen LogP contribution in [0.3, 0.4) is 0 Å². The van der Waals surface area contributed by atoms with Gasteiger partial charge in [0, 0.05) is 17.3 Å². The molecule has 4 nitrogen and oxygen atoms in total. The predicted octanol–water partition coefficient (Wildman–Crippen LogP) is 1.86. The molecule has 94 valence electrons. The highest BCUT2D eigenvalue weighted by Crippen LogP contribution is 2.33. The van der Waals surface area contributed by atoms with Gasteiger partial charge in [-0.2, -0.15) is 0 Å². The summed E-state index contributed by atoms with van der Waals surface area (Å²) in [5, 5.41) is 0. The molecule has 2 aliphatic rings. The molecule has 4 heteroatoms. The molecule has 2 N–H and O–H groups in total. The minimum absolute atomic E-state index is 0.224. The van der Waals surface area contributed by atoms with E-state index in [-0.39, 0.29) is 5.92 Å². The highest BCUT2D eigenvalue weighted by Gasteiger charge is 2.18. The van der Waals surface area contributed by atoms with Crippen LogP contribution >= 0.6 is 0 Å². The summed E-state index contributed by atoms with van der Waals surface area (Å²) in [4.78, 5) is 4.43. The molecule has 0 spiro atoms. The van der Waals surface area contributed by atoms with Gasteiger partial charge in [0.05, 0.1) is 6.54 Å². The Morgan fingerprint density at radius 3 is 2.72 bits per heavy atom. The van der Waals surface area contributed by atoms with Crippen molar-refractivity contribution in [2.45, 2.75) is 12.8 Å². The van der Waals surface area contributed by atoms with Crippen molar-refractivity contribution >= 4 is 5.71 Å². The van der Waals surface area contributed by atoms with Crippen LogP contribution in [0.1, 0.15) is 18.4 Å². The number of hydrogen-bond acceptors (Lipinski definition) is 4. The van der Waals surface area contributed by atoms with Crippen molar-refractivity contribution in [1.82, 2.24) is 0 Å². The van der Waals surface area contributed by atoms with Gasteiger partial charge in [-0.15, -0.1) is 0 Å². The Bertz CT molecular complexity index is 535. The van der Waals surface area contributed by atoms with Crippen molar-refractivity contribution in [1.29, 1.82) is 0 Å². The molecule has 2 heterocycles. The van der Waals surface area contributed by atoms with E-state index in [4.69, 9.17) is 15.2 Å². The van der Waals surface area contributed by atoms with E-state index in [1.807, 2.05) is 18.2 Å². The third kappa shape index (κ3) is 1.94. The number of rotatable bonds is 2. The van der Waals surface area contributed by atoms with E-state index in [0.717, 1.165) is 22.9 Å². The van der Waals surface area contributed by atoms with Crippen molar-refractivity contribution in [3.05, 3.63) is 35.5 Å². The normalized spacial score (nSPS) is 19.2. The van der Waals surface area contributed by atoms with Gasteiger partial charge in [-0.05, 0) is 23.8 Å². The summed E-state index contributed by atoms with van der Waals surface area (Å²) in [7, 11) is 0. The standard InChI is InChI=1S/C14H16N2O2/c1-9(12-7-11(15)8-16-12)10-2-3-13-14(6-10)18-5-4-17-13/h2-3,6-7,9H,4-5,8,15H2,1H3. The summed E-state index contributed by atoms with van der Waals surface area (Å²) in [5.74, 6) is 1.86. The number of ether oxygens (including phenoxy) is 2. The van der Waals surface area contributed by atoms with Gasteiger partial charge in [-0.3, -0.25) is 4.99 Å². The summed E-state index contributed by atoms with van der Waals surface area (Å²) in [6.07, 6.45) is 1.96. The first kappa shape index (κ1) is 11.1. The average molecular weight is 244 g/mol. The summed E-state index contributed by atoms with van der Waals surface area (Å²) < 4.78 is 11.1. The molecule has 0 bridgehead atoms. The Balaban J connectivity index is 1.88. The van der Waals surface area contributed by atoms with E-state index in [0.29, 0.717) is 19.8 Å². The lowest BCUT2D eigenvalue weighted by atomic mass is 9.95. The van der Waals surface area contributed by atoms with Crippen LogP contribution in [0.25, 0.3) is 0 Å². The van der Waals surface area contributed by atoms with E-state index in [1.165, 1.54) is 5.56 Å². The molecule has 2 aliphatic heterocycles. The lowest BCUT2D eigenvalue weighted by Gasteiger charge is -2.20. The van der Waals surface area contributed by atoms with Crippen LogP contribution in [0, 0.1) is 0 Å². The van der Waals surface area contributed by atoms with Crippen molar-refractivity contribution < 1.29 is 9.47 Å². The van der Waals surface area contributed by atoms with Crippen LogP contribution in [-0.2, 0) is 0 Å². The molecule has 0 radical (unpaired) electrons. The van der Waals surface area contributed by atoms with E-state index in [1.54, 1.807) is 0 Å². The van der Waals surface area contributed by atoms with Gasteiger partial charge >= 0.3 is 0 Å². The van der Waals surface area contributed by atoms with E-state index >= 15 is 0 Å². The van der Waals surface area contributed by atoms with Crippen molar-refractivity contribution in [3.8, 4) is 11.5 Å². The molecule has 3 rings (SSSR count). The number of nitrogens with two attached hydrogens (primary N) is 1. The van der Waals surface area contributed by atoms with E-state index in [9.17, 15) is 0 Å². The fourth-order valence-corrected chi connectivity index (χ4v) is 2.23. The third-order valence-corrected chi connectivity index (χ3v) is 3.29. The van der Waals surface area contributed by atoms with Gasteiger partial charge in [-0.25, -0.2) is 0 Å². The van der Waals surface area contributed by atoms with Crippen molar-refractivity contribution in [3.63, 3.8) is 0 Å². The average Bonchev–Trinajstić information content (AvgIpc) is 2.84. The Kier molecular flexibility index (Phi) is 2.70. The molecule has 0 amide bonds. The lowest BCUT2D eigenvalue weighted by molar-refractivity contribution is 0.171. The summed E-state index contributed by atoms with van der Waals surface area (Å²) in [6.45, 7) is 3.97. The minimum Gasteiger partial charge on any atom is -0.486 e. The van der Waals surface area contributed by atoms with Gasteiger partial charge in [0.25, 0.3) is 0 Å². The molecular formula is C14H16N2O2. The van der Waals surface area contributed by atoms with E-state index < -0.39 is 0 Å². The molecule has 1 aromatic carbocycles. The number of hydrogen-bond donors (Lipinski definition) is 1. The molecule has 1 atom stereocenters. The molecule has 0 saturated heterocycles. The van der Waals surface area contributed by atoms with Crippen LogP contribution in [0.15, 0.2) is 35.0 Å². The fourth-order valence-electron chi connectivity index (χ4n) is 2.23. The molecular weight excluding hydrogens is 228 g/mol. The topological polar surface area (TPSA) is 56.8 Å². The molecule has 1 aromatic rings. The quantitative estimate of drug-likeness (QED) is 0.863. The smallest absolute Gasteiger partial charge is 0.161 e. The van der Waals surface area contributed by atoms with Crippen LogP contribution in [0.2, 0.25) is 0 Å². The zero-order valence-electron chi connectivity index (χ0n) is 10.3. The second-order valence-electron chi connectivity index (χ2n) is 4.59.